The normalized spacial score (nSPS) is 11.4. The van der Waals surface area contributed by atoms with Crippen molar-refractivity contribution < 1.29 is 17.4 Å². The van der Waals surface area contributed by atoms with E-state index in [1.54, 1.807) is 11.8 Å². The second-order valence-corrected chi connectivity index (χ2v) is 9.80. The van der Waals surface area contributed by atoms with Gasteiger partial charge in [-0.05, 0) is 61.6 Å². The smallest absolute Gasteiger partial charge is 0.264 e. The number of amides is 1. The van der Waals surface area contributed by atoms with Crippen LogP contribution < -0.4 is 5.32 Å². The highest BCUT2D eigenvalue weighted by atomic mass is 35.5. The van der Waals surface area contributed by atoms with E-state index >= 15 is 0 Å². The Morgan fingerprint density at radius 3 is 2.52 bits per heavy atom. The van der Waals surface area contributed by atoms with Crippen molar-refractivity contribution in [1.82, 2.24) is 5.32 Å². The van der Waals surface area contributed by atoms with Crippen molar-refractivity contribution in [2.75, 3.05) is 19.4 Å². The molecule has 0 aliphatic carbocycles. The van der Waals surface area contributed by atoms with Crippen LogP contribution in [-0.4, -0.2) is 33.7 Å². The Balaban J connectivity index is 1.70. The first-order chi connectivity index (χ1) is 13.8. The molecule has 0 aromatic heterocycles. The molecule has 2 aromatic rings. The van der Waals surface area contributed by atoms with Gasteiger partial charge in [0.1, 0.15) is 0 Å². The number of hydrogen-bond acceptors (Lipinski definition) is 5. The van der Waals surface area contributed by atoms with Crippen LogP contribution in [0, 0.1) is 0 Å². The minimum atomic E-state index is -3.37. The number of carbonyl (C=O) groups excluding carboxylic acids is 1. The van der Waals surface area contributed by atoms with Crippen LogP contribution in [0.5, 0.6) is 0 Å². The maximum atomic E-state index is 12.1. The summed E-state index contributed by atoms with van der Waals surface area (Å²) in [5.74, 6) is 0.0173. The van der Waals surface area contributed by atoms with E-state index in [9.17, 15) is 13.2 Å². The zero-order valence-corrected chi connectivity index (χ0v) is 18.8. The molecule has 29 heavy (non-hydrogen) atoms. The molecule has 0 saturated heterocycles. The van der Waals surface area contributed by atoms with Gasteiger partial charge in [0, 0.05) is 27.8 Å². The van der Waals surface area contributed by atoms with E-state index < -0.39 is 10.1 Å². The van der Waals surface area contributed by atoms with E-state index in [1.807, 2.05) is 42.5 Å². The highest BCUT2D eigenvalue weighted by Gasteiger charge is 2.07. The summed E-state index contributed by atoms with van der Waals surface area (Å²) in [6.45, 7) is 0.772. The largest absolute Gasteiger partial charge is 0.356 e. The monoisotopic (exact) mass is 455 g/mol. The highest BCUT2D eigenvalue weighted by molar-refractivity contribution is 7.99. The van der Waals surface area contributed by atoms with E-state index in [0.29, 0.717) is 30.8 Å². The van der Waals surface area contributed by atoms with Gasteiger partial charge in [0.15, 0.2) is 0 Å². The number of nitrogens with one attached hydrogen (secondary N) is 1. The maximum Gasteiger partial charge on any atom is 0.264 e. The van der Waals surface area contributed by atoms with E-state index in [0.717, 1.165) is 34.5 Å². The number of hydrogen-bond donors (Lipinski definition) is 1. The molecule has 0 radical (unpaired) electrons. The Kier molecular flexibility index (Phi) is 10.0. The molecule has 0 saturated carbocycles. The first-order valence-electron chi connectivity index (χ1n) is 9.46. The fourth-order valence-electron chi connectivity index (χ4n) is 2.62. The number of unbranched alkanes of at least 4 members (excludes halogenated alkanes) is 2. The van der Waals surface area contributed by atoms with Gasteiger partial charge in [-0.1, -0.05) is 41.6 Å². The van der Waals surface area contributed by atoms with Crippen molar-refractivity contribution in [2.45, 2.75) is 41.9 Å². The molecule has 0 unspecified atom stereocenters. The highest BCUT2D eigenvalue weighted by Crippen LogP contribution is 2.31. The summed E-state index contributed by atoms with van der Waals surface area (Å²) >= 11 is 7.60. The molecule has 1 N–H and O–H groups in total. The van der Waals surface area contributed by atoms with Gasteiger partial charge in [0.2, 0.25) is 5.91 Å². The molecule has 0 bridgehead atoms. The number of rotatable bonds is 12. The SMILES string of the molecule is CS(=O)(=O)OCCCCCNC(=O)CCc1ccccc1Sc1ccc(Cl)cc1. The van der Waals surface area contributed by atoms with Crippen LogP contribution in [0.2, 0.25) is 5.02 Å². The average Bonchev–Trinajstić information content (AvgIpc) is 2.67. The summed E-state index contributed by atoms with van der Waals surface area (Å²) in [5, 5.41) is 3.63. The fourth-order valence-corrected chi connectivity index (χ4v) is 4.14. The van der Waals surface area contributed by atoms with Crippen molar-refractivity contribution in [1.29, 1.82) is 0 Å². The lowest BCUT2D eigenvalue weighted by Crippen LogP contribution is -2.24. The number of benzene rings is 2. The molecule has 0 atom stereocenters. The van der Waals surface area contributed by atoms with Crippen LogP contribution in [0.15, 0.2) is 58.3 Å². The van der Waals surface area contributed by atoms with Gasteiger partial charge in [-0.3, -0.25) is 8.98 Å². The van der Waals surface area contributed by atoms with Crippen molar-refractivity contribution in [2.24, 2.45) is 0 Å². The van der Waals surface area contributed by atoms with Crippen LogP contribution in [0.1, 0.15) is 31.2 Å². The molecule has 2 aromatic carbocycles. The Hall–Kier alpha value is -1.54. The molecule has 8 heteroatoms. The maximum absolute atomic E-state index is 12.1. The van der Waals surface area contributed by atoms with Gasteiger partial charge in [0.25, 0.3) is 10.1 Å². The third kappa shape index (κ3) is 10.2. The lowest BCUT2D eigenvalue weighted by molar-refractivity contribution is -0.121. The van der Waals surface area contributed by atoms with Gasteiger partial charge < -0.3 is 5.32 Å². The number of carbonyl (C=O) groups is 1. The van der Waals surface area contributed by atoms with Gasteiger partial charge in [-0.25, -0.2) is 0 Å². The predicted octanol–water partition coefficient (Wildman–Crippen LogP) is 4.69. The molecule has 0 heterocycles. The van der Waals surface area contributed by atoms with Gasteiger partial charge in [0.05, 0.1) is 12.9 Å². The zero-order valence-electron chi connectivity index (χ0n) is 16.4. The van der Waals surface area contributed by atoms with Crippen LogP contribution in [0.25, 0.3) is 0 Å². The Morgan fingerprint density at radius 2 is 1.79 bits per heavy atom. The zero-order chi connectivity index (χ0) is 21.1. The Bertz CT molecular complexity index is 886. The minimum Gasteiger partial charge on any atom is -0.356 e. The first-order valence-corrected chi connectivity index (χ1v) is 12.5. The van der Waals surface area contributed by atoms with E-state index in [4.69, 9.17) is 11.6 Å². The summed E-state index contributed by atoms with van der Waals surface area (Å²) in [7, 11) is -3.37. The third-order valence-corrected chi connectivity index (χ3v) is 6.05. The molecule has 0 spiro atoms. The van der Waals surface area contributed by atoms with Crippen LogP contribution in [-0.2, 0) is 25.5 Å². The predicted molar refractivity (Wildman–Crippen MR) is 118 cm³/mol. The molecule has 0 aliphatic heterocycles. The lowest BCUT2D eigenvalue weighted by atomic mass is 10.1. The summed E-state index contributed by atoms with van der Waals surface area (Å²) in [5.41, 5.74) is 1.14. The number of aryl methyl sites for hydroxylation is 1. The Morgan fingerprint density at radius 1 is 1.07 bits per heavy atom. The van der Waals surface area contributed by atoms with E-state index in [2.05, 4.69) is 15.6 Å². The van der Waals surface area contributed by atoms with Crippen molar-refractivity contribution >= 4 is 39.4 Å². The molecule has 0 aliphatic rings. The van der Waals surface area contributed by atoms with Gasteiger partial charge in [-0.2, -0.15) is 8.42 Å². The van der Waals surface area contributed by atoms with Crippen LogP contribution in [0.4, 0.5) is 0 Å². The summed E-state index contributed by atoms with van der Waals surface area (Å²) in [6, 6.07) is 15.8. The van der Waals surface area contributed by atoms with Gasteiger partial charge >= 0.3 is 0 Å². The number of halogens is 1. The van der Waals surface area contributed by atoms with Crippen molar-refractivity contribution in [3.05, 3.63) is 59.1 Å². The summed E-state index contributed by atoms with van der Waals surface area (Å²) < 4.78 is 26.4. The molecule has 5 nitrogen and oxygen atoms in total. The second-order valence-electron chi connectivity index (χ2n) is 6.60. The van der Waals surface area contributed by atoms with E-state index in [1.165, 1.54) is 0 Å². The third-order valence-electron chi connectivity index (χ3n) is 4.08. The molecular weight excluding hydrogens is 430 g/mol. The molecular formula is C21H26ClNO4S2. The summed E-state index contributed by atoms with van der Waals surface area (Å²) in [4.78, 5) is 14.3. The van der Waals surface area contributed by atoms with Crippen LogP contribution >= 0.6 is 23.4 Å². The van der Waals surface area contributed by atoms with Crippen molar-refractivity contribution in [3.63, 3.8) is 0 Å². The fraction of sp³-hybridized carbons (Fsp3) is 0.381. The lowest BCUT2D eigenvalue weighted by Gasteiger charge is -2.10. The second kappa shape index (κ2) is 12.2. The first kappa shape index (κ1) is 23.7. The van der Waals surface area contributed by atoms with Crippen molar-refractivity contribution in [3.8, 4) is 0 Å². The molecule has 1 amide bonds. The molecule has 158 valence electrons. The standard InChI is InChI=1S/C21H26ClNO4S2/c1-29(25,26)27-16-6-2-5-15-23-21(24)14-9-17-7-3-4-8-20(17)28-19-12-10-18(22)11-13-19/h3-4,7-8,10-13H,2,5-6,9,14-16H2,1H3,(H,23,24). The topological polar surface area (TPSA) is 72.5 Å². The molecule has 0 fully saturated rings. The van der Waals surface area contributed by atoms with E-state index in [-0.39, 0.29) is 12.5 Å². The average molecular weight is 456 g/mol. The molecule has 2 rings (SSSR count). The van der Waals surface area contributed by atoms with Crippen LogP contribution in [0.3, 0.4) is 0 Å². The Labute approximate surface area is 182 Å². The quantitative estimate of drug-likeness (QED) is 0.371. The van der Waals surface area contributed by atoms with Gasteiger partial charge in [-0.15, -0.1) is 0 Å². The summed E-state index contributed by atoms with van der Waals surface area (Å²) in [6.07, 6.45) is 4.38. The minimum absolute atomic E-state index is 0.0173.